The molecule has 1 amide bonds. The number of hydrogen-bond acceptors (Lipinski definition) is 3. The summed E-state index contributed by atoms with van der Waals surface area (Å²) in [5, 5.41) is 6.21. The zero-order valence-corrected chi connectivity index (χ0v) is 15.6. The van der Waals surface area contributed by atoms with Crippen molar-refractivity contribution in [2.45, 2.75) is 46.8 Å². The molecular weight excluding hydrogens is 312 g/mol. The lowest BCUT2D eigenvalue weighted by molar-refractivity contribution is -0.115. The van der Waals surface area contributed by atoms with Crippen molar-refractivity contribution in [1.29, 1.82) is 0 Å². The number of rotatable bonds is 8. The van der Waals surface area contributed by atoms with Crippen LogP contribution in [0.1, 0.15) is 37.5 Å². The van der Waals surface area contributed by atoms with E-state index in [4.69, 9.17) is 4.74 Å². The van der Waals surface area contributed by atoms with Crippen LogP contribution in [0, 0.1) is 6.92 Å². The van der Waals surface area contributed by atoms with Crippen LogP contribution in [0.5, 0.6) is 5.75 Å². The molecule has 2 N–H and O–H groups in total. The Morgan fingerprint density at radius 1 is 1.12 bits per heavy atom. The fourth-order valence-electron chi connectivity index (χ4n) is 2.66. The summed E-state index contributed by atoms with van der Waals surface area (Å²) in [6.45, 7) is 9.04. The standard InChI is InChI=1S/C21H28N2O2/c1-5-18-8-6-7-16(4)21(18)23-20(24)14-22-13-17-9-11-19(12-10-17)25-15(2)3/h6-12,15,22H,5,13-14H2,1-4H3,(H,23,24). The normalized spacial score (nSPS) is 10.8. The Bertz CT molecular complexity index is 694. The first kappa shape index (κ1) is 19.0. The average molecular weight is 340 g/mol. The monoisotopic (exact) mass is 340 g/mol. The molecule has 25 heavy (non-hydrogen) atoms. The molecule has 0 aliphatic carbocycles. The molecule has 0 fully saturated rings. The molecule has 2 aromatic rings. The van der Waals surface area contributed by atoms with Gasteiger partial charge in [-0.3, -0.25) is 4.79 Å². The number of aryl methyl sites for hydroxylation is 2. The van der Waals surface area contributed by atoms with Crippen LogP contribution in [0.25, 0.3) is 0 Å². The molecule has 134 valence electrons. The number of carbonyl (C=O) groups excluding carboxylic acids is 1. The number of hydrogen-bond donors (Lipinski definition) is 2. The molecule has 0 atom stereocenters. The second-order valence-electron chi connectivity index (χ2n) is 6.42. The highest BCUT2D eigenvalue weighted by molar-refractivity contribution is 5.93. The SMILES string of the molecule is CCc1cccc(C)c1NC(=O)CNCc1ccc(OC(C)C)cc1. The van der Waals surface area contributed by atoms with Gasteiger partial charge in [0.05, 0.1) is 12.6 Å². The summed E-state index contributed by atoms with van der Waals surface area (Å²) in [5.74, 6) is 0.840. The maximum Gasteiger partial charge on any atom is 0.238 e. The van der Waals surface area contributed by atoms with Crippen LogP contribution < -0.4 is 15.4 Å². The maximum absolute atomic E-state index is 12.2. The van der Waals surface area contributed by atoms with E-state index in [0.717, 1.165) is 34.5 Å². The zero-order valence-electron chi connectivity index (χ0n) is 15.6. The van der Waals surface area contributed by atoms with E-state index in [-0.39, 0.29) is 18.6 Å². The molecule has 0 aliphatic rings. The number of carbonyl (C=O) groups is 1. The highest BCUT2D eigenvalue weighted by Crippen LogP contribution is 2.20. The molecule has 4 nitrogen and oxygen atoms in total. The van der Waals surface area contributed by atoms with Crippen molar-refractivity contribution in [3.63, 3.8) is 0 Å². The van der Waals surface area contributed by atoms with Gasteiger partial charge in [0.25, 0.3) is 0 Å². The summed E-state index contributed by atoms with van der Waals surface area (Å²) in [7, 11) is 0. The van der Waals surface area contributed by atoms with Crippen LogP contribution in [0.3, 0.4) is 0 Å². The molecule has 0 unspecified atom stereocenters. The molecule has 0 bridgehead atoms. The molecule has 0 saturated heterocycles. The second kappa shape index (κ2) is 9.23. The Kier molecular flexibility index (Phi) is 7.02. The van der Waals surface area contributed by atoms with E-state index in [2.05, 4.69) is 23.6 Å². The summed E-state index contributed by atoms with van der Waals surface area (Å²) in [6, 6.07) is 14.0. The number of ether oxygens (including phenoxy) is 1. The number of benzene rings is 2. The number of para-hydroxylation sites is 1. The zero-order chi connectivity index (χ0) is 18.2. The Morgan fingerprint density at radius 3 is 2.48 bits per heavy atom. The third kappa shape index (κ3) is 5.91. The van der Waals surface area contributed by atoms with Crippen LogP contribution in [0.2, 0.25) is 0 Å². The number of amides is 1. The summed E-state index contributed by atoms with van der Waals surface area (Å²) < 4.78 is 5.63. The minimum atomic E-state index is -0.0243. The Morgan fingerprint density at radius 2 is 1.84 bits per heavy atom. The quantitative estimate of drug-likeness (QED) is 0.761. The van der Waals surface area contributed by atoms with Crippen molar-refractivity contribution in [3.05, 3.63) is 59.2 Å². The van der Waals surface area contributed by atoms with Crippen LogP contribution in [-0.2, 0) is 17.8 Å². The Balaban J connectivity index is 1.83. The molecule has 2 rings (SSSR count). The van der Waals surface area contributed by atoms with Crippen LogP contribution in [-0.4, -0.2) is 18.6 Å². The Hall–Kier alpha value is -2.33. The first-order valence-electron chi connectivity index (χ1n) is 8.84. The minimum absolute atomic E-state index is 0.0243. The first-order valence-corrected chi connectivity index (χ1v) is 8.84. The van der Waals surface area contributed by atoms with E-state index in [9.17, 15) is 4.79 Å². The van der Waals surface area contributed by atoms with Gasteiger partial charge in [-0.2, -0.15) is 0 Å². The van der Waals surface area contributed by atoms with E-state index in [0.29, 0.717) is 6.54 Å². The lowest BCUT2D eigenvalue weighted by Gasteiger charge is -2.13. The van der Waals surface area contributed by atoms with Gasteiger partial charge in [0, 0.05) is 12.2 Å². The van der Waals surface area contributed by atoms with Gasteiger partial charge in [0.2, 0.25) is 5.91 Å². The molecular formula is C21H28N2O2. The lowest BCUT2D eigenvalue weighted by Crippen LogP contribution is -2.28. The first-order chi connectivity index (χ1) is 12.0. The van der Waals surface area contributed by atoms with Crippen LogP contribution in [0.4, 0.5) is 5.69 Å². The molecule has 0 saturated carbocycles. The molecule has 2 aromatic carbocycles. The van der Waals surface area contributed by atoms with Crippen molar-refractivity contribution >= 4 is 11.6 Å². The summed E-state index contributed by atoms with van der Waals surface area (Å²) in [5.41, 5.74) is 4.31. The van der Waals surface area contributed by atoms with Gasteiger partial charge in [-0.15, -0.1) is 0 Å². The van der Waals surface area contributed by atoms with Gasteiger partial charge in [0.1, 0.15) is 5.75 Å². The second-order valence-corrected chi connectivity index (χ2v) is 6.42. The molecule has 0 radical (unpaired) electrons. The molecule has 0 aliphatic heterocycles. The van der Waals surface area contributed by atoms with Gasteiger partial charge < -0.3 is 15.4 Å². The van der Waals surface area contributed by atoms with Gasteiger partial charge in [0.15, 0.2) is 0 Å². The fourth-order valence-corrected chi connectivity index (χ4v) is 2.66. The van der Waals surface area contributed by atoms with E-state index >= 15 is 0 Å². The third-order valence-electron chi connectivity index (χ3n) is 3.91. The molecule has 0 aromatic heterocycles. The van der Waals surface area contributed by atoms with Crippen LogP contribution in [0.15, 0.2) is 42.5 Å². The minimum Gasteiger partial charge on any atom is -0.491 e. The summed E-state index contributed by atoms with van der Waals surface area (Å²) >= 11 is 0. The highest BCUT2D eigenvalue weighted by Gasteiger charge is 2.08. The maximum atomic E-state index is 12.2. The van der Waals surface area contributed by atoms with Gasteiger partial charge in [-0.25, -0.2) is 0 Å². The van der Waals surface area contributed by atoms with Gasteiger partial charge in [-0.1, -0.05) is 37.3 Å². The van der Waals surface area contributed by atoms with Crippen molar-refractivity contribution in [2.24, 2.45) is 0 Å². The molecule has 0 spiro atoms. The molecule has 4 heteroatoms. The number of anilines is 1. The van der Waals surface area contributed by atoms with Crippen molar-refractivity contribution in [1.82, 2.24) is 5.32 Å². The predicted octanol–water partition coefficient (Wildman–Crippen LogP) is 4.07. The number of nitrogens with one attached hydrogen (secondary N) is 2. The van der Waals surface area contributed by atoms with Crippen molar-refractivity contribution in [2.75, 3.05) is 11.9 Å². The topological polar surface area (TPSA) is 50.4 Å². The Labute approximate surface area is 150 Å². The van der Waals surface area contributed by atoms with E-state index in [1.165, 1.54) is 0 Å². The van der Waals surface area contributed by atoms with E-state index < -0.39 is 0 Å². The van der Waals surface area contributed by atoms with Crippen molar-refractivity contribution in [3.8, 4) is 5.75 Å². The predicted molar refractivity (Wildman–Crippen MR) is 103 cm³/mol. The van der Waals surface area contributed by atoms with E-state index in [1.807, 2.05) is 57.2 Å². The van der Waals surface area contributed by atoms with Gasteiger partial charge in [-0.05, 0) is 56.0 Å². The smallest absolute Gasteiger partial charge is 0.238 e. The third-order valence-corrected chi connectivity index (χ3v) is 3.91. The average Bonchev–Trinajstić information content (AvgIpc) is 2.58. The summed E-state index contributed by atoms with van der Waals surface area (Å²) in [6.07, 6.45) is 1.07. The molecule has 0 heterocycles. The lowest BCUT2D eigenvalue weighted by atomic mass is 10.1. The largest absolute Gasteiger partial charge is 0.491 e. The van der Waals surface area contributed by atoms with Crippen molar-refractivity contribution < 1.29 is 9.53 Å². The van der Waals surface area contributed by atoms with E-state index in [1.54, 1.807) is 0 Å². The highest BCUT2D eigenvalue weighted by atomic mass is 16.5. The van der Waals surface area contributed by atoms with Gasteiger partial charge >= 0.3 is 0 Å². The van der Waals surface area contributed by atoms with Crippen LogP contribution >= 0.6 is 0 Å². The summed E-state index contributed by atoms with van der Waals surface area (Å²) in [4.78, 5) is 12.2. The fraction of sp³-hybridized carbons (Fsp3) is 0.381.